The number of carbonyl (C=O) groups excluding carboxylic acids is 2. The standard InChI is InChI=1S/C25H27F7O3/c1-13(33)21(2)11-9-17-16-5-4-14-12-15(8-10-22(14,3)19(16)7-6-18(17)21)35-20(34)23(26,27)24(28,29)25(30,31)32/h4,12,16,19H,5-11H2,1-3H3/t16-,19-,21?,22-/m0/s1. The van der Waals surface area contributed by atoms with Gasteiger partial charge in [0, 0.05) is 11.8 Å². The zero-order chi connectivity index (χ0) is 26.2. The van der Waals surface area contributed by atoms with Crippen molar-refractivity contribution in [1.82, 2.24) is 0 Å². The van der Waals surface area contributed by atoms with Crippen LogP contribution < -0.4 is 0 Å². The van der Waals surface area contributed by atoms with E-state index < -0.39 is 34.8 Å². The molecule has 35 heavy (non-hydrogen) atoms. The minimum absolute atomic E-state index is 0.0481. The average molecular weight is 508 g/mol. The summed E-state index contributed by atoms with van der Waals surface area (Å²) in [4.78, 5) is 24.0. The lowest BCUT2D eigenvalue weighted by Gasteiger charge is -2.51. The summed E-state index contributed by atoms with van der Waals surface area (Å²) in [7, 11) is 0. The Balaban J connectivity index is 1.58. The van der Waals surface area contributed by atoms with Crippen LogP contribution in [0.5, 0.6) is 0 Å². The van der Waals surface area contributed by atoms with Gasteiger partial charge >= 0.3 is 24.0 Å². The molecule has 0 N–H and O–H groups in total. The molecule has 0 saturated heterocycles. The summed E-state index contributed by atoms with van der Waals surface area (Å²) < 4.78 is 95.4. The highest BCUT2D eigenvalue weighted by molar-refractivity contribution is 5.86. The first-order valence-corrected chi connectivity index (χ1v) is 11.7. The van der Waals surface area contributed by atoms with Crippen molar-refractivity contribution in [3.63, 3.8) is 0 Å². The van der Waals surface area contributed by atoms with E-state index in [-0.39, 0.29) is 29.8 Å². The molecule has 3 nitrogen and oxygen atoms in total. The molecule has 4 aliphatic rings. The number of carbonyl (C=O) groups is 2. The normalized spacial score (nSPS) is 33.3. The van der Waals surface area contributed by atoms with Gasteiger partial charge in [-0.1, -0.05) is 24.1 Å². The largest absolute Gasteiger partial charge is 0.460 e. The Hall–Kier alpha value is -2.13. The summed E-state index contributed by atoms with van der Waals surface area (Å²) in [5.41, 5.74) is 2.40. The number of fused-ring (bicyclic) bond motifs is 4. The summed E-state index contributed by atoms with van der Waals surface area (Å²) >= 11 is 0. The van der Waals surface area contributed by atoms with E-state index in [1.165, 1.54) is 17.2 Å². The Kier molecular flexibility index (Phi) is 5.88. The number of esters is 1. The lowest BCUT2D eigenvalue weighted by atomic mass is 9.53. The maximum absolute atomic E-state index is 13.7. The Bertz CT molecular complexity index is 1050. The van der Waals surface area contributed by atoms with Gasteiger partial charge in [0.1, 0.15) is 11.5 Å². The highest BCUT2D eigenvalue weighted by Gasteiger charge is 2.77. The first kappa shape index (κ1) is 25.9. The summed E-state index contributed by atoms with van der Waals surface area (Å²) in [6.45, 7) is 5.62. The molecule has 4 rings (SSSR count). The molecule has 4 atom stereocenters. The zero-order valence-corrected chi connectivity index (χ0v) is 19.6. The van der Waals surface area contributed by atoms with Crippen molar-refractivity contribution in [2.75, 3.05) is 0 Å². The van der Waals surface area contributed by atoms with Gasteiger partial charge in [-0.25, -0.2) is 4.79 Å². The van der Waals surface area contributed by atoms with Gasteiger partial charge in [-0.05, 0) is 81.3 Å². The number of ketones is 1. The van der Waals surface area contributed by atoms with Crippen LogP contribution in [0.3, 0.4) is 0 Å². The lowest BCUT2D eigenvalue weighted by molar-refractivity contribution is -0.347. The van der Waals surface area contributed by atoms with Crippen molar-refractivity contribution >= 4 is 11.8 Å². The van der Waals surface area contributed by atoms with Crippen molar-refractivity contribution in [3.8, 4) is 0 Å². The monoisotopic (exact) mass is 508 g/mol. The second kappa shape index (κ2) is 7.93. The number of allylic oxidation sites excluding steroid dienone is 6. The third-order valence-electron chi connectivity index (χ3n) is 8.87. The quantitative estimate of drug-likeness (QED) is 0.231. The summed E-state index contributed by atoms with van der Waals surface area (Å²) in [6.07, 6.45) is 0.784. The fraction of sp³-hybridized carbons (Fsp3) is 0.680. The smallest absolute Gasteiger partial charge is 0.426 e. The predicted octanol–water partition coefficient (Wildman–Crippen LogP) is 7.09. The van der Waals surface area contributed by atoms with Gasteiger partial charge < -0.3 is 4.74 Å². The van der Waals surface area contributed by atoms with Crippen molar-refractivity contribution < 1.29 is 45.1 Å². The van der Waals surface area contributed by atoms with Gasteiger partial charge in [0.25, 0.3) is 0 Å². The fourth-order valence-corrected chi connectivity index (χ4v) is 6.54. The third-order valence-corrected chi connectivity index (χ3v) is 8.87. The van der Waals surface area contributed by atoms with E-state index in [4.69, 9.17) is 0 Å². The minimum Gasteiger partial charge on any atom is -0.426 e. The van der Waals surface area contributed by atoms with E-state index in [0.717, 1.165) is 25.7 Å². The molecular weight excluding hydrogens is 481 g/mol. The van der Waals surface area contributed by atoms with E-state index in [1.54, 1.807) is 6.92 Å². The fourth-order valence-electron chi connectivity index (χ4n) is 6.54. The van der Waals surface area contributed by atoms with Gasteiger partial charge in [0.05, 0.1) is 0 Å². The third kappa shape index (κ3) is 3.68. The summed E-state index contributed by atoms with van der Waals surface area (Å²) in [5, 5.41) is 0. The molecular formula is C25H27F7O3. The Morgan fingerprint density at radius 1 is 1.00 bits per heavy atom. The average Bonchev–Trinajstić information content (AvgIpc) is 3.11. The second-order valence-corrected chi connectivity index (χ2v) is 10.6. The SMILES string of the molecule is CC(=O)C1(C)CCC2=C1CC[C@H]1[C@H]2CC=C2C=C(OC(=O)C(F)(F)C(F)(F)C(F)(F)F)CC[C@@]21C. The number of rotatable bonds is 4. The van der Waals surface area contributed by atoms with Crippen molar-refractivity contribution in [2.24, 2.45) is 22.7 Å². The number of ether oxygens (including phenoxy) is 1. The predicted molar refractivity (Wildman–Crippen MR) is 111 cm³/mol. The first-order chi connectivity index (χ1) is 16.0. The van der Waals surface area contributed by atoms with Crippen LogP contribution in [0.1, 0.15) is 65.7 Å². The van der Waals surface area contributed by atoms with Gasteiger partial charge in [0.2, 0.25) is 0 Å². The Morgan fingerprint density at radius 2 is 1.66 bits per heavy atom. The second-order valence-electron chi connectivity index (χ2n) is 10.6. The van der Waals surface area contributed by atoms with E-state index in [1.807, 2.05) is 19.9 Å². The van der Waals surface area contributed by atoms with Crippen LogP contribution in [0.2, 0.25) is 0 Å². The number of alkyl halides is 7. The number of Topliss-reactive ketones (excluding diaryl/α,β-unsaturated/α-hetero) is 1. The van der Waals surface area contributed by atoms with E-state index in [9.17, 15) is 40.3 Å². The molecule has 0 saturated carbocycles. The van der Waals surface area contributed by atoms with Gasteiger partial charge in [-0.2, -0.15) is 30.7 Å². The van der Waals surface area contributed by atoms with E-state index in [2.05, 4.69) is 4.74 Å². The molecule has 0 aliphatic heterocycles. The summed E-state index contributed by atoms with van der Waals surface area (Å²) in [5.74, 6) is -15.3. The van der Waals surface area contributed by atoms with Crippen LogP contribution in [-0.4, -0.2) is 29.8 Å². The maximum atomic E-state index is 13.7. The number of halogens is 7. The molecule has 0 aromatic rings. The first-order valence-electron chi connectivity index (χ1n) is 11.7. The molecule has 1 unspecified atom stereocenters. The molecule has 0 aromatic carbocycles. The van der Waals surface area contributed by atoms with Gasteiger partial charge in [-0.15, -0.1) is 0 Å². The minimum atomic E-state index is -6.61. The highest BCUT2D eigenvalue weighted by atomic mass is 19.4. The van der Waals surface area contributed by atoms with Crippen LogP contribution in [0.25, 0.3) is 0 Å². The number of hydrogen-bond acceptors (Lipinski definition) is 3. The van der Waals surface area contributed by atoms with Crippen LogP contribution >= 0.6 is 0 Å². The molecule has 0 radical (unpaired) electrons. The van der Waals surface area contributed by atoms with Crippen molar-refractivity contribution in [3.05, 3.63) is 34.6 Å². The van der Waals surface area contributed by atoms with Crippen LogP contribution in [-0.2, 0) is 14.3 Å². The van der Waals surface area contributed by atoms with Crippen molar-refractivity contribution in [1.29, 1.82) is 0 Å². The summed E-state index contributed by atoms with van der Waals surface area (Å²) in [6, 6.07) is 0. The lowest BCUT2D eigenvalue weighted by Crippen LogP contribution is -2.56. The van der Waals surface area contributed by atoms with Crippen LogP contribution in [0.15, 0.2) is 34.6 Å². The Labute approximate surface area is 198 Å². The van der Waals surface area contributed by atoms with Crippen LogP contribution in [0, 0.1) is 22.7 Å². The van der Waals surface area contributed by atoms with Gasteiger partial charge in [-0.3, -0.25) is 4.79 Å². The number of hydrogen-bond donors (Lipinski definition) is 0. The van der Waals surface area contributed by atoms with Gasteiger partial charge in [0.15, 0.2) is 0 Å². The molecule has 0 fully saturated rings. The van der Waals surface area contributed by atoms with Crippen LogP contribution in [0.4, 0.5) is 30.7 Å². The Morgan fingerprint density at radius 3 is 2.26 bits per heavy atom. The molecule has 0 heterocycles. The highest BCUT2D eigenvalue weighted by Crippen LogP contribution is 2.62. The molecule has 0 bridgehead atoms. The molecule has 0 spiro atoms. The molecule has 0 aromatic heterocycles. The molecule has 0 amide bonds. The molecule has 194 valence electrons. The van der Waals surface area contributed by atoms with Crippen molar-refractivity contribution in [2.45, 2.75) is 83.7 Å². The maximum Gasteiger partial charge on any atom is 0.460 e. The van der Waals surface area contributed by atoms with E-state index >= 15 is 0 Å². The van der Waals surface area contributed by atoms with E-state index in [0.29, 0.717) is 18.4 Å². The topological polar surface area (TPSA) is 43.4 Å². The molecule has 10 heteroatoms. The zero-order valence-electron chi connectivity index (χ0n) is 19.6. The molecule has 4 aliphatic carbocycles.